The first-order chi connectivity index (χ1) is 12.1. The summed E-state index contributed by atoms with van der Waals surface area (Å²) in [6.45, 7) is 5.99. The van der Waals surface area contributed by atoms with Gasteiger partial charge in [-0.15, -0.1) is 0 Å². The fourth-order valence-electron chi connectivity index (χ4n) is 3.24. The Morgan fingerprint density at radius 3 is 2.44 bits per heavy atom. The molecule has 1 atom stereocenters. The summed E-state index contributed by atoms with van der Waals surface area (Å²) in [7, 11) is 0. The molecule has 3 N–H and O–H groups in total. The van der Waals surface area contributed by atoms with Crippen molar-refractivity contribution < 1.29 is 9.84 Å². The molecule has 0 radical (unpaired) electrons. The third kappa shape index (κ3) is 2.99. The number of fused-ring (bicyclic) bond motifs is 1. The van der Waals surface area contributed by atoms with Crippen LogP contribution >= 0.6 is 0 Å². The minimum atomic E-state index is -0.305. The van der Waals surface area contributed by atoms with Crippen LogP contribution in [0.3, 0.4) is 0 Å². The molecule has 2 aromatic rings. The van der Waals surface area contributed by atoms with E-state index in [-0.39, 0.29) is 17.6 Å². The molecule has 0 bridgehead atoms. The molecule has 0 saturated heterocycles. The Hall–Kier alpha value is -3.13. The van der Waals surface area contributed by atoms with Gasteiger partial charge in [0.2, 0.25) is 5.88 Å². The molecular formula is C20H21N3O2. The molecule has 3 rings (SSSR count). The van der Waals surface area contributed by atoms with Gasteiger partial charge in [-0.2, -0.15) is 5.26 Å². The highest BCUT2D eigenvalue weighted by molar-refractivity contribution is 5.61. The van der Waals surface area contributed by atoms with Crippen LogP contribution in [0.15, 0.2) is 53.9 Å². The van der Waals surface area contributed by atoms with Crippen LogP contribution in [0.5, 0.6) is 11.5 Å². The Morgan fingerprint density at radius 1 is 1.16 bits per heavy atom. The molecule has 0 unspecified atom stereocenters. The SMILES string of the molecule is CCN(CC)c1ccc2c(c1)OC(N)=C(C#N)[C@H]2c1ccc(O)cc1. The number of rotatable bonds is 4. The predicted molar refractivity (Wildman–Crippen MR) is 97.4 cm³/mol. The van der Waals surface area contributed by atoms with Gasteiger partial charge in [0.25, 0.3) is 0 Å². The van der Waals surface area contributed by atoms with Gasteiger partial charge in [0, 0.05) is 30.4 Å². The van der Waals surface area contributed by atoms with Crippen LogP contribution in [0.1, 0.15) is 30.9 Å². The van der Waals surface area contributed by atoms with Crippen LogP contribution in [0.25, 0.3) is 0 Å². The minimum Gasteiger partial charge on any atom is -0.508 e. The summed E-state index contributed by atoms with van der Waals surface area (Å²) in [5.74, 6) is 0.673. The standard InChI is InChI=1S/C20H21N3O2/c1-3-23(4-2)14-7-10-16-18(11-14)25-20(22)17(12-21)19(16)13-5-8-15(24)9-6-13/h5-11,19,24H,3-4,22H2,1-2H3/t19-/m0/s1. The molecule has 1 aliphatic heterocycles. The molecule has 0 fully saturated rings. The second-order valence-corrected chi connectivity index (χ2v) is 5.91. The fourth-order valence-corrected chi connectivity index (χ4v) is 3.24. The quantitative estimate of drug-likeness (QED) is 0.894. The maximum absolute atomic E-state index is 9.57. The number of phenolic OH excluding ortho intramolecular Hbond substituents is 1. The minimum absolute atomic E-state index is 0.129. The van der Waals surface area contributed by atoms with E-state index in [1.54, 1.807) is 24.3 Å². The van der Waals surface area contributed by atoms with Gasteiger partial charge in [-0.3, -0.25) is 0 Å². The first-order valence-corrected chi connectivity index (χ1v) is 8.34. The summed E-state index contributed by atoms with van der Waals surface area (Å²) in [6, 6.07) is 15.0. The average molecular weight is 335 g/mol. The van der Waals surface area contributed by atoms with E-state index in [2.05, 4.69) is 24.8 Å². The van der Waals surface area contributed by atoms with E-state index >= 15 is 0 Å². The van der Waals surface area contributed by atoms with Crippen molar-refractivity contribution in [3.63, 3.8) is 0 Å². The van der Waals surface area contributed by atoms with Crippen molar-refractivity contribution in [3.05, 3.63) is 65.0 Å². The molecular weight excluding hydrogens is 314 g/mol. The van der Waals surface area contributed by atoms with Gasteiger partial charge in [0.05, 0.1) is 5.92 Å². The van der Waals surface area contributed by atoms with Gasteiger partial charge in [-0.05, 0) is 37.6 Å². The van der Waals surface area contributed by atoms with Crippen LogP contribution in [0, 0.1) is 11.3 Å². The van der Waals surface area contributed by atoms with Crippen molar-refractivity contribution >= 4 is 5.69 Å². The first-order valence-electron chi connectivity index (χ1n) is 8.34. The van der Waals surface area contributed by atoms with Crippen LogP contribution in [0.2, 0.25) is 0 Å². The number of hydrogen-bond donors (Lipinski definition) is 2. The Balaban J connectivity index is 2.12. The van der Waals surface area contributed by atoms with Gasteiger partial charge < -0.3 is 20.5 Å². The van der Waals surface area contributed by atoms with E-state index in [1.165, 1.54) is 0 Å². The number of anilines is 1. The number of aromatic hydroxyl groups is 1. The van der Waals surface area contributed by atoms with Gasteiger partial charge >= 0.3 is 0 Å². The van der Waals surface area contributed by atoms with Crippen molar-refractivity contribution in [3.8, 4) is 17.6 Å². The van der Waals surface area contributed by atoms with E-state index in [0.717, 1.165) is 29.9 Å². The summed E-state index contributed by atoms with van der Waals surface area (Å²) < 4.78 is 5.75. The molecule has 5 nitrogen and oxygen atoms in total. The topological polar surface area (TPSA) is 82.5 Å². The van der Waals surface area contributed by atoms with E-state index < -0.39 is 0 Å². The van der Waals surface area contributed by atoms with Gasteiger partial charge in [-0.1, -0.05) is 18.2 Å². The van der Waals surface area contributed by atoms with E-state index in [9.17, 15) is 10.4 Å². The summed E-state index contributed by atoms with van der Waals surface area (Å²) in [5, 5.41) is 19.1. The highest BCUT2D eigenvalue weighted by atomic mass is 16.5. The first kappa shape index (κ1) is 16.7. The molecule has 0 aliphatic carbocycles. The molecule has 5 heteroatoms. The number of hydrogen-bond acceptors (Lipinski definition) is 5. The summed E-state index contributed by atoms with van der Waals surface area (Å²) in [6.07, 6.45) is 0. The van der Waals surface area contributed by atoms with Gasteiger partial charge in [0.15, 0.2) is 0 Å². The summed E-state index contributed by atoms with van der Waals surface area (Å²) in [4.78, 5) is 2.22. The molecule has 0 amide bonds. The molecule has 0 saturated carbocycles. The lowest BCUT2D eigenvalue weighted by Crippen LogP contribution is -2.24. The molecule has 0 spiro atoms. The molecule has 128 valence electrons. The second-order valence-electron chi connectivity index (χ2n) is 5.91. The fraction of sp³-hybridized carbons (Fsp3) is 0.250. The van der Waals surface area contributed by atoms with Crippen LogP contribution in [-0.2, 0) is 0 Å². The smallest absolute Gasteiger partial charge is 0.205 e. The third-order valence-corrected chi connectivity index (χ3v) is 4.56. The number of nitrogens with zero attached hydrogens (tertiary/aromatic N) is 2. The van der Waals surface area contributed by atoms with Crippen LogP contribution < -0.4 is 15.4 Å². The van der Waals surface area contributed by atoms with E-state index in [1.807, 2.05) is 18.2 Å². The summed E-state index contributed by atoms with van der Waals surface area (Å²) >= 11 is 0. The van der Waals surface area contributed by atoms with Crippen molar-refractivity contribution in [1.82, 2.24) is 0 Å². The maximum atomic E-state index is 9.57. The third-order valence-electron chi connectivity index (χ3n) is 4.56. The predicted octanol–water partition coefficient (Wildman–Crippen LogP) is 3.46. The molecule has 1 heterocycles. The van der Waals surface area contributed by atoms with Gasteiger partial charge in [-0.25, -0.2) is 0 Å². The zero-order chi connectivity index (χ0) is 18.0. The zero-order valence-electron chi connectivity index (χ0n) is 14.4. The van der Waals surface area contributed by atoms with Crippen LogP contribution in [0.4, 0.5) is 5.69 Å². The Kier molecular flexibility index (Phi) is 4.53. The zero-order valence-corrected chi connectivity index (χ0v) is 14.4. The maximum Gasteiger partial charge on any atom is 0.205 e. The lowest BCUT2D eigenvalue weighted by Gasteiger charge is -2.29. The lowest BCUT2D eigenvalue weighted by atomic mass is 9.83. The second kappa shape index (κ2) is 6.78. The van der Waals surface area contributed by atoms with Crippen molar-refractivity contribution in [2.45, 2.75) is 19.8 Å². The Morgan fingerprint density at radius 2 is 1.84 bits per heavy atom. The van der Waals surface area contributed by atoms with E-state index in [4.69, 9.17) is 10.5 Å². The molecule has 25 heavy (non-hydrogen) atoms. The van der Waals surface area contributed by atoms with Crippen LogP contribution in [-0.4, -0.2) is 18.2 Å². The van der Waals surface area contributed by atoms with E-state index in [0.29, 0.717) is 11.3 Å². The number of ether oxygens (including phenoxy) is 1. The number of benzene rings is 2. The Bertz CT molecular complexity index is 846. The number of phenols is 1. The normalized spacial score (nSPS) is 16.0. The lowest BCUT2D eigenvalue weighted by molar-refractivity contribution is 0.393. The monoisotopic (exact) mass is 335 g/mol. The average Bonchev–Trinajstić information content (AvgIpc) is 2.62. The summed E-state index contributed by atoms with van der Waals surface area (Å²) in [5.41, 5.74) is 9.25. The Labute approximate surface area is 147 Å². The molecule has 1 aliphatic rings. The number of nitriles is 1. The van der Waals surface area contributed by atoms with Crippen molar-refractivity contribution in [2.24, 2.45) is 5.73 Å². The van der Waals surface area contributed by atoms with Crippen molar-refractivity contribution in [1.29, 1.82) is 5.26 Å². The number of allylic oxidation sites excluding steroid dienone is 1. The molecule has 2 aromatic carbocycles. The van der Waals surface area contributed by atoms with Crippen molar-refractivity contribution in [2.75, 3.05) is 18.0 Å². The van der Waals surface area contributed by atoms with Gasteiger partial charge in [0.1, 0.15) is 23.1 Å². The highest BCUT2D eigenvalue weighted by Gasteiger charge is 2.30. The largest absolute Gasteiger partial charge is 0.508 e. The highest BCUT2D eigenvalue weighted by Crippen LogP contribution is 2.43. The number of nitrogens with two attached hydrogens (primary N) is 1. The molecule has 0 aromatic heterocycles.